The van der Waals surface area contributed by atoms with Gasteiger partial charge in [0.2, 0.25) is 9.37 Å². The summed E-state index contributed by atoms with van der Waals surface area (Å²) in [7, 11) is 1.32. The fourth-order valence-electron chi connectivity index (χ4n) is 3.35. The Morgan fingerprint density at radius 1 is 1.03 bits per heavy atom. The van der Waals surface area contributed by atoms with Gasteiger partial charge in [-0.3, -0.25) is 4.79 Å². The van der Waals surface area contributed by atoms with Crippen LogP contribution in [0.3, 0.4) is 0 Å². The lowest BCUT2D eigenvalue weighted by Gasteiger charge is -2.41. The second-order valence-electron chi connectivity index (χ2n) is 6.58. The smallest absolute Gasteiger partial charge is 0.365 e. The second-order valence-corrected chi connectivity index (χ2v) is 9.62. The Morgan fingerprint density at radius 2 is 1.70 bits per heavy atom. The topological polar surface area (TPSA) is 62.2 Å². The Bertz CT molecular complexity index is 1070. The molecule has 2 aliphatic heterocycles. The monoisotopic (exact) mass is 459 g/mol. The van der Waals surface area contributed by atoms with Crippen LogP contribution in [0.5, 0.6) is 0 Å². The van der Waals surface area contributed by atoms with E-state index in [2.05, 4.69) is 5.10 Å². The van der Waals surface area contributed by atoms with E-state index >= 15 is 0 Å². The van der Waals surface area contributed by atoms with Crippen molar-refractivity contribution in [2.75, 3.05) is 17.0 Å². The van der Waals surface area contributed by atoms with E-state index < -0.39 is 10.3 Å². The Balaban J connectivity index is 1.91. The Kier molecular flexibility index (Phi) is 5.57. The zero-order chi connectivity index (χ0) is 21.5. The van der Waals surface area contributed by atoms with Crippen molar-refractivity contribution in [3.8, 4) is 0 Å². The van der Waals surface area contributed by atoms with Gasteiger partial charge in [-0.05, 0) is 62.0 Å². The fourth-order valence-corrected chi connectivity index (χ4v) is 6.45. The molecular weight excluding hydrogens is 442 g/mol. The summed E-state index contributed by atoms with van der Waals surface area (Å²) in [5.41, 5.74) is 2.41. The third kappa shape index (κ3) is 3.38. The first-order valence-corrected chi connectivity index (χ1v) is 11.1. The summed E-state index contributed by atoms with van der Waals surface area (Å²) in [6.07, 6.45) is 0. The number of halogens is 1. The third-order valence-corrected chi connectivity index (χ3v) is 7.86. The molecule has 0 amide bonds. The van der Waals surface area contributed by atoms with Crippen molar-refractivity contribution >= 4 is 63.3 Å². The molecule has 0 N–H and O–H groups in total. The predicted molar refractivity (Wildman–Crippen MR) is 124 cm³/mol. The molecule has 0 radical (unpaired) electrons. The van der Waals surface area contributed by atoms with Crippen LogP contribution in [0.15, 0.2) is 70.3 Å². The lowest BCUT2D eigenvalue weighted by Crippen LogP contribution is -2.49. The van der Waals surface area contributed by atoms with Crippen LogP contribution in [0.1, 0.15) is 13.8 Å². The number of carbonyl (C=O) groups is 2. The van der Waals surface area contributed by atoms with Crippen molar-refractivity contribution in [3.63, 3.8) is 0 Å². The van der Waals surface area contributed by atoms with Crippen LogP contribution < -0.4 is 9.91 Å². The highest BCUT2D eigenvalue weighted by molar-refractivity contribution is 8.29. The number of ketones is 1. The number of thioether (sulfide) groups is 2. The molecule has 6 nitrogen and oxygen atoms in total. The molecule has 2 aliphatic rings. The van der Waals surface area contributed by atoms with Gasteiger partial charge >= 0.3 is 5.97 Å². The van der Waals surface area contributed by atoms with Crippen LogP contribution in [0, 0.1) is 0 Å². The number of hydrogen-bond acceptors (Lipinski definition) is 8. The molecule has 9 heteroatoms. The molecule has 1 unspecified atom stereocenters. The first kappa shape index (κ1) is 20.8. The number of benzene rings is 2. The SMILES string of the molecule is COC(=O)C1=NN(c2ccc(Cl)cc2)C2(S1)SC(C(C)=O)=C(C)N2c1ccccc1. The van der Waals surface area contributed by atoms with E-state index in [9.17, 15) is 9.59 Å². The van der Waals surface area contributed by atoms with E-state index in [0.29, 0.717) is 9.93 Å². The lowest BCUT2D eigenvalue weighted by molar-refractivity contribution is -0.132. The van der Waals surface area contributed by atoms with Crippen LogP contribution in [-0.4, -0.2) is 28.2 Å². The van der Waals surface area contributed by atoms with Crippen LogP contribution in [0.2, 0.25) is 5.02 Å². The van der Waals surface area contributed by atoms with Crippen molar-refractivity contribution < 1.29 is 14.3 Å². The molecule has 0 aromatic heterocycles. The summed E-state index contributed by atoms with van der Waals surface area (Å²) >= 11 is 8.70. The summed E-state index contributed by atoms with van der Waals surface area (Å²) in [6, 6.07) is 16.9. The van der Waals surface area contributed by atoms with E-state index in [1.807, 2.05) is 54.3 Å². The highest BCUT2D eigenvalue weighted by atomic mass is 35.5. The van der Waals surface area contributed by atoms with Crippen LogP contribution >= 0.6 is 35.1 Å². The zero-order valence-electron chi connectivity index (χ0n) is 16.5. The number of anilines is 2. The van der Waals surface area contributed by atoms with Gasteiger partial charge in [0.1, 0.15) is 0 Å². The summed E-state index contributed by atoms with van der Waals surface area (Å²) in [5, 5.41) is 7.14. The van der Waals surface area contributed by atoms with Crippen LogP contribution in [0.4, 0.5) is 11.4 Å². The minimum Gasteiger partial charge on any atom is -0.464 e. The Labute approximate surface area is 187 Å². The molecule has 1 atom stereocenters. The van der Waals surface area contributed by atoms with Gasteiger partial charge in [-0.15, -0.1) is 0 Å². The molecule has 154 valence electrons. The van der Waals surface area contributed by atoms with Crippen LogP contribution in [-0.2, 0) is 14.3 Å². The van der Waals surface area contributed by atoms with Crippen molar-refractivity contribution in [2.24, 2.45) is 5.10 Å². The molecule has 4 rings (SSSR count). The van der Waals surface area contributed by atoms with E-state index in [4.69, 9.17) is 16.3 Å². The quantitative estimate of drug-likeness (QED) is 0.592. The molecule has 2 aromatic carbocycles. The molecule has 0 saturated heterocycles. The maximum atomic E-state index is 12.5. The highest BCUT2D eigenvalue weighted by Gasteiger charge is 2.57. The van der Waals surface area contributed by atoms with E-state index in [1.165, 1.54) is 30.6 Å². The summed E-state index contributed by atoms with van der Waals surface area (Å²) in [5.74, 6) is -0.572. The molecule has 2 heterocycles. The van der Waals surface area contributed by atoms with Gasteiger partial charge in [-0.1, -0.05) is 41.6 Å². The zero-order valence-corrected chi connectivity index (χ0v) is 18.8. The predicted octanol–water partition coefficient (Wildman–Crippen LogP) is 5.06. The average molecular weight is 460 g/mol. The van der Waals surface area contributed by atoms with Crippen molar-refractivity contribution in [1.82, 2.24) is 0 Å². The summed E-state index contributed by atoms with van der Waals surface area (Å²) in [4.78, 5) is 27.5. The highest BCUT2D eigenvalue weighted by Crippen LogP contribution is 2.60. The Morgan fingerprint density at radius 3 is 2.30 bits per heavy atom. The molecule has 0 saturated carbocycles. The van der Waals surface area contributed by atoms with Gasteiger partial charge < -0.3 is 9.64 Å². The van der Waals surface area contributed by atoms with Gasteiger partial charge in [0.25, 0.3) is 0 Å². The minimum absolute atomic E-state index is 0.0431. The lowest BCUT2D eigenvalue weighted by atomic mass is 10.2. The number of para-hydroxylation sites is 1. The minimum atomic E-state index is -0.941. The number of ether oxygens (including phenoxy) is 1. The van der Waals surface area contributed by atoms with E-state index in [-0.39, 0.29) is 10.8 Å². The normalized spacial score (nSPS) is 20.7. The summed E-state index contributed by atoms with van der Waals surface area (Å²) < 4.78 is 3.99. The first-order valence-electron chi connectivity index (χ1n) is 9.05. The van der Waals surface area contributed by atoms with Gasteiger partial charge in [-0.25, -0.2) is 9.80 Å². The standard InChI is InChI=1S/C21H18ClN3O3S2/c1-13-18(14(2)26)29-21(24(13)16-7-5-4-6-8-16)25(17-11-9-15(22)10-12-17)23-19(30-21)20(27)28-3/h4-12H,1-3H3. The van der Waals surface area contributed by atoms with Gasteiger partial charge in [0.05, 0.1) is 17.7 Å². The molecule has 0 bridgehead atoms. The largest absolute Gasteiger partial charge is 0.464 e. The number of hydrogen-bond donors (Lipinski definition) is 0. The molecule has 0 fully saturated rings. The maximum Gasteiger partial charge on any atom is 0.365 e. The van der Waals surface area contributed by atoms with Crippen molar-refractivity contribution in [2.45, 2.75) is 18.2 Å². The number of esters is 1. The van der Waals surface area contributed by atoms with Crippen LogP contribution in [0.25, 0.3) is 0 Å². The molecule has 0 aliphatic carbocycles. The van der Waals surface area contributed by atoms with Gasteiger partial charge in [-0.2, -0.15) is 5.10 Å². The average Bonchev–Trinajstić information content (AvgIpc) is 3.26. The molecule has 1 spiro atoms. The molecule has 30 heavy (non-hydrogen) atoms. The number of Topliss-reactive ketones (excluding diaryl/α,β-unsaturated/α-hetero) is 1. The first-order chi connectivity index (χ1) is 14.4. The number of nitrogens with zero attached hydrogens (tertiary/aromatic N) is 3. The van der Waals surface area contributed by atoms with Gasteiger partial charge in [0, 0.05) is 16.4 Å². The maximum absolute atomic E-state index is 12.5. The molecular formula is C21H18ClN3O3S2. The van der Waals surface area contributed by atoms with Gasteiger partial charge in [0.15, 0.2) is 5.78 Å². The van der Waals surface area contributed by atoms with Crippen molar-refractivity contribution in [3.05, 3.63) is 70.2 Å². The Hall–Kier alpha value is -2.42. The number of allylic oxidation sites excluding steroid dienone is 2. The molecule has 2 aromatic rings. The van der Waals surface area contributed by atoms with E-state index in [1.54, 1.807) is 24.1 Å². The summed E-state index contributed by atoms with van der Waals surface area (Å²) in [6.45, 7) is 3.45. The fraction of sp³-hybridized carbons (Fsp3) is 0.190. The van der Waals surface area contributed by atoms with Crippen molar-refractivity contribution in [1.29, 1.82) is 0 Å². The second kappa shape index (κ2) is 8.02. The number of carbonyl (C=O) groups excluding carboxylic acids is 2. The van der Waals surface area contributed by atoms with E-state index in [0.717, 1.165) is 17.1 Å². The third-order valence-electron chi connectivity index (χ3n) is 4.64. The number of hydrazone groups is 1. The number of methoxy groups -OCH3 is 1. The number of rotatable bonds is 4.